The van der Waals surface area contributed by atoms with Crippen LogP contribution in [0.25, 0.3) is 22.6 Å². The Morgan fingerprint density at radius 1 is 0.878 bits per heavy atom. The number of halogens is 2. The third-order valence-electron chi connectivity index (χ3n) is 8.03. The second-order valence-electron chi connectivity index (χ2n) is 11.2. The molecule has 5 rings (SSSR count). The summed E-state index contributed by atoms with van der Waals surface area (Å²) in [6.07, 6.45) is 8.49. The highest BCUT2D eigenvalue weighted by molar-refractivity contribution is 5.68. The maximum Gasteiger partial charge on any atom is 0.387 e. The summed E-state index contributed by atoms with van der Waals surface area (Å²) in [6, 6.07) is 28.1. The highest BCUT2D eigenvalue weighted by atomic mass is 19.3. The molecule has 1 fully saturated rings. The number of imidazole rings is 1. The summed E-state index contributed by atoms with van der Waals surface area (Å²) in [7, 11) is 0. The highest BCUT2D eigenvalue weighted by Crippen LogP contribution is 2.33. The van der Waals surface area contributed by atoms with Gasteiger partial charge in [-0.15, -0.1) is 0 Å². The van der Waals surface area contributed by atoms with Crippen LogP contribution in [0.15, 0.2) is 84.9 Å². The molecule has 0 saturated heterocycles. The molecule has 1 heterocycles. The minimum absolute atomic E-state index is 0.208. The van der Waals surface area contributed by atoms with Gasteiger partial charge in [0.1, 0.15) is 11.6 Å². The number of rotatable bonds is 13. The van der Waals surface area contributed by atoms with E-state index < -0.39 is 6.61 Å². The number of hydrogen-bond donors (Lipinski definition) is 0. The third-order valence-corrected chi connectivity index (χ3v) is 8.03. The van der Waals surface area contributed by atoms with Gasteiger partial charge in [-0.05, 0) is 42.9 Å². The molecule has 0 bridgehead atoms. The molecule has 4 aromatic rings. The van der Waals surface area contributed by atoms with Crippen molar-refractivity contribution in [1.29, 1.82) is 0 Å². The number of benzene rings is 3. The fourth-order valence-electron chi connectivity index (χ4n) is 6.05. The van der Waals surface area contributed by atoms with Crippen molar-refractivity contribution in [3.8, 4) is 28.4 Å². The molecular weight excluding hydrogens is 516 g/mol. The van der Waals surface area contributed by atoms with Crippen LogP contribution in [0, 0.1) is 5.92 Å². The molecule has 3 aromatic carbocycles. The molecule has 0 N–H and O–H groups in total. The maximum atomic E-state index is 13.0. The minimum atomic E-state index is -2.83. The van der Waals surface area contributed by atoms with Crippen LogP contribution in [0.2, 0.25) is 0 Å². The Morgan fingerprint density at radius 3 is 2.27 bits per heavy atom. The topological polar surface area (TPSA) is 30.3 Å². The van der Waals surface area contributed by atoms with Gasteiger partial charge in [0.2, 0.25) is 0 Å². The molecule has 1 aromatic heterocycles. The molecule has 0 radical (unpaired) electrons. The van der Waals surface area contributed by atoms with Gasteiger partial charge in [0.15, 0.2) is 0 Å². The smallest absolute Gasteiger partial charge is 0.387 e. The lowest BCUT2D eigenvalue weighted by Crippen LogP contribution is -2.31. The first-order chi connectivity index (χ1) is 20.1. The Balaban J connectivity index is 1.55. The molecule has 0 aliphatic heterocycles. The van der Waals surface area contributed by atoms with E-state index in [9.17, 15) is 8.78 Å². The summed E-state index contributed by atoms with van der Waals surface area (Å²) < 4.78 is 33.1. The van der Waals surface area contributed by atoms with Gasteiger partial charge in [-0.2, -0.15) is 8.78 Å². The second kappa shape index (κ2) is 14.4. The fourth-order valence-corrected chi connectivity index (χ4v) is 6.05. The van der Waals surface area contributed by atoms with Crippen LogP contribution in [-0.2, 0) is 19.6 Å². The van der Waals surface area contributed by atoms with E-state index in [1.54, 1.807) is 18.2 Å². The molecule has 1 aliphatic rings. The van der Waals surface area contributed by atoms with Crippen LogP contribution in [0.1, 0.15) is 63.1 Å². The van der Waals surface area contributed by atoms with Crippen LogP contribution >= 0.6 is 0 Å². The number of ether oxygens (including phenoxy) is 1. The Hall–Kier alpha value is -3.51. The monoisotopic (exact) mass is 557 g/mol. The highest BCUT2D eigenvalue weighted by Gasteiger charge is 2.24. The van der Waals surface area contributed by atoms with Crippen molar-refractivity contribution in [2.45, 2.75) is 78.1 Å². The predicted octanol–water partition coefficient (Wildman–Crippen LogP) is 9.20. The summed E-state index contributed by atoms with van der Waals surface area (Å²) >= 11 is 0. The van der Waals surface area contributed by atoms with E-state index in [4.69, 9.17) is 9.72 Å². The van der Waals surface area contributed by atoms with E-state index >= 15 is 0 Å². The lowest BCUT2D eigenvalue weighted by Gasteiger charge is -2.30. The molecule has 1 saturated carbocycles. The standard InChI is InChI=1S/C35H41F2N3O/c1-2-3-22-40-32(33(29-17-9-5-10-18-29)38-34(40)30-19-11-6-12-20-30)26-39(24-27-14-7-4-8-15-27)25-28-16-13-21-31(23-28)41-35(36)37/h5-6,9-13,16-21,23,27,35H,2-4,7-8,14-15,22,24-26H2,1H3. The number of nitrogens with zero attached hydrogens (tertiary/aromatic N) is 3. The minimum Gasteiger partial charge on any atom is -0.435 e. The largest absolute Gasteiger partial charge is 0.435 e. The Kier molecular flexibility index (Phi) is 10.2. The van der Waals surface area contributed by atoms with Gasteiger partial charge in [-0.1, -0.05) is 105 Å². The Labute approximate surface area is 243 Å². The van der Waals surface area contributed by atoms with Crippen molar-refractivity contribution < 1.29 is 13.5 Å². The zero-order chi connectivity index (χ0) is 28.4. The molecule has 4 nitrogen and oxygen atoms in total. The third kappa shape index (κ3) is 7.82. The fraction of sp³-hybridized carbons (Fsp3) is 0.400. The quantitative estimate of drug-likeness (QED) is 0.164. The van der Waals surface area contributed by atoms with Gasteiger partial charge >= 0.3 is 6.61 Å². The van der Waals surface area contributed by atoms with E-state index in [2.05, 4.69) is 64.9 Å². The Bertz CT molecular complexity index is 1350. The van der Waals surface area contributed by atoms with Crippen molar-refractivity contribution in [3.05, 3.63) is 96.2 Å². The first-order valence-electron chi connectivity index (χ1n) is 15.1. The van der Waals surface area contributed by atoms with Gasteiger partial charge in [0.25, 0.3) is 0 Å². The maximum absolute atomic E-state index is 13.0. The van der Waals surface area contributed by atoms with E-state index in [1.807, 2.05) is 18.2 Å². The normalized spacial score (nSPS) is 14.2. The summed E-state index contributed by atoms with van der Waals surface area (Å²) in [5, 5.41) is 0. The molecule has 41 heavy (non-hydrogen) atoms. The first-order valence-corrected chi connectivity index (χ1v) is 15.1. The molecule has 6 heteroatoms. The Morgan fingerprint density at radius 2 is 1.59 bits per heavy atom. The number of unbranched alkanes of at least 4 members (excludes halogenated alkanes) is 1. The van der Waals surface area contributed by atoms with Crippen molar-refractivity contribution in [2.75, 3.05) is 6.54 Å². The second-order valence-corrected chi connectivity index (χ2v) is 11.2. The summed E-state index contributed by atoms with van der Waals surface area (Å²) in [6.45, 7) is 2.63. The molecule has 216 valence electrons. The molecular formula is C35H41F2N3O. The van der Waals surface area contributed by atoms with E-state index in [0.717, 1.165) is 60.7 Å². The van der Waals surface area contributed by atoms with Crippen molar-refractivity contribution in [3.63, 3.8) is 0 Å². The number of aromatic nitrogens is 2. The zero-order valence-corrected chi connectivity index (χ0v) is 24.0. The number of alkyl halides is 2. The van der Waals surface area contributed by atoms with E-state index in [1.165, 1.54) is 37.8 Å². The van der Waals surface area contributed by atoms with Gasteiger partial charge < -0.3 is 9.30 Å². The lowest BCUT2D eigenvalue weighted by molar-refractivity contribution is -0.0499. The summed E-state index contributed by atoms with van der Waals surface area (Å²) in [5.74, 6) is 1.84. The van der Waals surface area contributed by atoms with Crippen LogP contribution in [0.5, 0.6) is 5.75 Å². The predicted molar refractivity (Wildman–Crippen MR) is 162 cm³/mol. The molecule has 0 unspecified atom stereocenters. The zero-order valence-electron chi connectivity index (χ0n) is 24.0. The van der Waals surface area contributed by atoms with Gasteiger partial charge in [-0.25, -0.2) is 4.98 Å². The lowest BCUT2D eigenvalue weighted by atomic mass is 9.89. The van der Waals surface area contributed by atoms with Crippen molar-refractivity contribution in [1.82, 2.24) is 14.5 Å². The number of hydrogen-bond acceptors (Lipinski definition) is 3. The average Bonchev–Trinajstić information content (AvgIpc) is 3.35. The van der Waals surface area contributed by atoms with Crippen molar-refractivity contribution >= 4 is 0 Å². The SMILES string of the molecule is CCCCn1c(-c2ccccc2)nc(-c2ccccc2)c1CN(Cc1cccc(OC(F)F)c1)CC1CCCCC1. The van der Waals surface area contributed by atoms with Crippen LogP contribution in [-0.4, -0.2) is 27.6 Å². The van der Waals surface area contributed by atoms with Crippen LogP contribution in [0.4, 0.5) is 8.78 Å². The molecule has 1 aliphatic carbocycles. The van der Waals surface area contributed by atoms with Crippen LogP contribution < -0.4 is 4.74 Å². The van der Waals surface area contributed by atoms with Crippen molar-refractivity contribution in [2.24, 2.45) is 5.92 Å². The van der Waals surface area contributed by atoms with Crippen LogP contribution in [0.3, 0.4) is 0 Å². The average molecular weight is 558 g/mol. The molecule has 0 amide bonds. The van der Waals surface area contributed by atoms with E-state index in [0.29, 0.717) is 12.5 Å². The van der Waals surface area contributed by atoms with Gasteiger partial charge in [-0.3, -0.25) is 4.90 Å². The van der Waals surface area contributed by atoms with E-state index in [-0.39, 0.29) is 5.75 Å². The molecule has 0 spiro atoms. The first kappa shape index (κ1) is 29.0. The van der Waals surface area contributed by atoms with Gasteiger partial charge in [0, 0.05) is 37.3 Å². The summed E-state index contributed by atoms with van der Waals surface area (Å²) in [4.78, 5) is 7.79. The summed E-state index contributed by atoms with van der Waals surface area (Å²) in [5.41, 5.74) is 5.42. The molecule has 0 atom stereocenters. The van der Waals surface area contributed by atoms with Gasteiger partial charge in [0.05, 0.1) is 11.4 Å².